The van der Waals surface area contributed by atoms with Crippen LogP contribution in [0.1, 0.15) is 11.1 Å². The Balaban J connectivity index is 2.40. The van der Waals surface area contributed by atoms with E-state index in [2.05, 4.69) is 32.0 Å². The minimum Gasteiger partial charge on any atom is -0.504 e. The van der Waals surface area contributed by atoms with E-state index in [9.17, 15) is 10.2 Å². The molecule has 0 aliphatic heterocycles. The van der Waals surface area contributed by atoms with Crippen molar-refractivity contribution in [2.45, 2.75) is 13.8 Å². The van der Waals surface area contributed by atoms with E-state index < -0.39 is 0 Å². The van der Waals surface area contributed by atoms with E-state index in [1.807, 2.05) is 24.3 Å². The number of fused-ring (bicyclic) bond motifs is 4. The molecule has 0 atom stereocenters. The van der Waals surface area contributed by atoms with Crippen molar-refractivity contribution in [3.8, 4) is 11.5 Å². The van der Waals surface area contributed by atoms with Crippen molar-refractivity contribution in [1.82, 2.24) is 0 Å². The SMILES string of the molecule is Cc1c2ccccc2c(C)c2c1ccc1ccc(O)c(O)c12. The van der Waals surface area contributed by atoms with Crippen LogP contribution < -0.4 is 0 Å². The Bertz CT molecular complexity index is 1060. The molecule has 0 spiro atoms. The summed E-state index contributed by atoms with van der Waals surface area (Å²) in [6, 6.07) is 15.8. The molecule has 0 aliphatic carbocycles. The summed E-state index contributed by atoms with van der Waals surface area (Å²) in [5.74, 6) is -0.119. The van der Waals surface area contributed by atoms with Gasteiger partial charge in [0.2, 0.25) is 0 Å². The Kier molecular flexibility index (Phi) is 2.58. The topological polar surface area (TPSA) is 40.5 Å². The fourth-order valence-corrected chi connectivity index (χ4v) is 3.51. The number of phenolic OH excluding ortho intramolecular Hbond substituents is 2. The second kappa shape index (κ2) is 4.38. The number of aromatic hydroxyl groups is 2. The molecule has 0 aliphatic rings. The molecule has 0 aromatic heterocycles. The third kappa shape index (κ3) is 1.55. The van der Waals surface area contributed by atoms with Crippen molar-refractivity contribution in [3.05, 3.63) is 59.7 Å². The first-order valence-electron chi connectivity index (χ1n) is 7.35. The summed E-state index contributed by atoms with van der Waals surface area (Å²) < 4.78 is 0. The fourth-order valence-electron chi connectivity index (χ4n) is 3.51. The fraction of sp³-hybridized carbons (Fsp3) is 0.100. The minimum atomic E-state index is -0.0785. The molecule has 0 bridgehead atoms. The summed E-state index contributed by atoms with van der Waals surface area (Å²) in [6.07, 6.45) is 0. The van der Waals surface area contributed by atoms with E-state index in [0.29, 0.717) is 0 Å². The zero-order valence-corrected chi connectivity index (χ0v) is 12.5. The summed E-state index contributed by atoms with van der Waals surface area (Å²) in [5, 5.41) is 26.5. The lowest BCUT2D eigenvalue weighted by Gasteiger charge is -2.15. The maximum absolute atomic E-state index is 10.4. The molecule has 0 amide bonds. The third-order valence-electron chi connectivity index (χ3n) is 4.65. The van der Waals surface area contributed by atoms with Crippen LogP contribution in [0.5, 0.6) is 11.5 Å². The van der Waals surface area contributed by atoms with Gasteiger partial charge in [0.15, 0.2) is 11.5 Å². The molecule has 2 N–H and O–H groups in total. The average molecular weight is 288 g/mol. The average Bonchev–Trinajstić information content (AvgIpc) is 2.55. The van der Waals surface area contributed by atoms with E-state index in [-0.39, 0.29) is 11.5 Å². The third-order valence-corrected chi connectivity index (χ3v) is 4.65. The van der Waals surface area contributed by atoms with Crippen LogP contribution in [-0.4, -0.2) is 10.2 Å². The zero-order chi connectivity index (χ0) is 15.4. The number of hydrogen-bond donors (Lipinski definition) is 2. The van der Waals surface area contributed by atoms with E-state index in [1.165, 1.54) is 22.4 Å². The molecule has 4 aromatic carbocycles. The van der Waals surface area contributed by atoms with Gasteiger partial charge in [0.05, 0.1) is 0 Å². The smallest absolute Gasteiger partial charge is 0.166 e. The molecule has 0 fully saturated rings. The van der Waals surface area contributed by atoms with Crippen LogP contribution in [0.2, 0.25) is 0 Å². The molecular formula is C20H16O2. The Morgan fingerprint density at radius 1 is 0.636 bits per heavy atom. The molecule has 0 saturated heterocycles. The summed E-state index contributed by atoms with van der Waals surface area (Å²) in [6.45, 7) is 4.18. The summed E-state index contributed by atoms with van der Waals surface area (Å²) in [7, 11) is 0. The zero-order valence-electron chi connectivity index (χ0n) is 12.5. The van der Waals surface area contributed by atoms with Crippen LogP contribution in [0.25, 0.3) is 32.3 Å². The number of aryl methyl sites for hydroxylation is 2. The highest BCUT2D eigenvalue weighted by atomic mass is 16.3. The van der Waals surface area contributed by atoms with Gasteiger partial charge in [0.25, 0.3) is 0 Å². The largest absolute Gasteiger partial charge is 0.504 e. The van der Waals surface area contributed by atoms with Gasteiger partial charge in [-0.3, -0.25) is 0 Å². The predicted molar refractivity (Wildman–Crippen MR) is 91.8 cm³/mol. The molecule has 2 nitrogen and oxygen atoms in total. The second-order valence-corrected chi connectivity index (χ2v) is 5.82. The molecule has 22 heavy (non-hydrogen) atoms. The summed E-state index contributed by atoms with van der Waals surface area (Å²) >= 11 is 0. The number of benzene rings is 4. The highest BCUT2D eigenvalue weighted by Crippen LogP contribution is 2.42. The van der Waals surface area contributed by atoms with Gasteiger partial charge in [0, 0.05) is 5.39 Å². The Morgan fingerprint density at radius 3 is 2.00 bits per heavy atom. The van der Waals surface area contributed by atoms with Crippen LogP contribution in [0.3, 0.4) is 0 Å². The van der Waals surface area contributed by atoms with Crippen molar-refractivity contribution >= 4 is 32.3 Å². The van der Waals surface area contributed by atoms with E-state index in [4.69, 9.17) is 0 Å². The quantitative estimate of drug-likeness (QED) is 0.266. The molecule has 2 heteroatoms. The molecule has 108 valence electrons. The number of rotatable bonds is 0. The van der Waals surface area contributed by atoms with Crippen molar-refractivity contribution < 1.29 is 10.2 Å². The first-order valence-corrected chi connectivity index (χ1v) is 7.35. The molecule has 0 unspecified atom stereocenters. The first-order chi connectivity index (χ1) is 10.6. The number of phenols is 2. The summed E-state index contributed by atoms with van der Waals surface area (Å²) in [5.41, 5.74) is 2.32. The summed E-state index contributed by atoms with van der Waals surface area (Å²) in [4.78, 5) is 0. The molecule has 0 heterocycles. The van der Waals surface area contributed by atoms with Crippen molar-refractivity contribution in [2.24, 2.45) is 0 Å². The van der Waals surface area contributed by atoms with Crippen molar-refractivity contribution in [1.29, 1.82) is 0 Å². The lowest BCUT2D eigenvalue weighted by Crippen LogP contribution is -1.90. The second-order valence-electron chi connectivity index (χ2n) is 5.82. The Hall–Kier alpha value is -2.74. The van der Waals surface area contributed by atoms with Gasteiger partial charge < -0.3 is 10.2 Å². The monoisotopic (exact) mass is 288 g/mol. The predicted octanol–water partition coefficient (Wildman–Crippen LogP) is 5.17. The van der Waals surface area contributed by atoms with Gasteiger partial charge in [-0.2, -0.15) is 0 Å². The van der Waals surface area contributed by atoms with E-state index >= 15 is 0 Å². The van der Waals surface area contributed by atoms with Gasteiger partial charge in [-0.25, -0.2) is 0 Å². The van der Waals surface area contributed by atoms with Gasteiger partial charge in [-0.05, 0) is 58.0 Å². The molecule has 4 rings (SSSR count). The van der Waals surface area contributed by atoms with E-state index in [0.717, 1.165) is 27.1 Å². The van der Waals surface area contributed by atoms with Gasteiger partial charge in [0.1, 0.15) is 0 Å². The van der Waals surface area contributed by atoms with Crippen LogP contribution in [-0.2, 0) is 0 Å². The Labute approximate surface area is 128 Å². The van der Waals surface area contributed by atoms with E-state index in [1.54, 1.807) is 0 Å². The van der Waals surface area contributed by atoms with Gasteiger partial charge in [-0.15, -0.1) is 0 Å². The molecular weight excluding hydrogens is 272 g/mol. The Morgan fingerprint density at radius 2 is 1.27 bits per heavy atom. The lowest BCUT2D eigenvalue weighted by molar-refractivity contribution is 0.408. The minimum absolute atomic E-state index is 0.0409. The van der Waals surface area contributed by atoms with Crippen LogP contribution in [0.15, 0.2) is 48.5 Å². The maximum Gasteiger partial charge on any atom is 0.166 e. The maximum atomic E-state index is 10.4. The molecule has 0 radical (unpaired) electrons. The highest BCUT2D eigenvalue weighted by molar-refractivity contribution is 6.18. The van der Waals surface area contributed by atoms with Crippen molar-refractivity contribution in [3.63, 3.8) is 0 Å². The van der Waals surface area contributed by atoms with Crippen LogP contribution in [0, 0.1) is 13.8 Å². The highest BCUT2D eigenvalue weighted by Gasteiger charge is 2.15. The normalized spacial score (nSPS) is 11.5. The van der Waals surface area contributed by atoms with Gasteiger partial charge in [-0.1, -0.05) is 42.5 Å². The van der Waals surface area contributed by atoms with Crippen LogP contribution in [0.4, 0.5) is 0 Å². The standard InChI is InChI=1S/C20H16O2/c1-11-14-5-3-4-6-15(14)12(2)18-16(11)9-7-13-8-10-17(21)20(22)19(13)18/h3-10,21-22H,1-2H3. The first kappa shape index (κ1) is 13.0. The molecule has 4 aromatic rings. The van der Waals surface area contributed by atoms with Gasteiger partial charge >= 0.3 is 0 Å². The molecule has 0 saturated carbocycles. The number of hydrogen-bond acceptors (Lipinski definition) is 2. The lowest BCUT2D eigenvalue weighted by atomic mass is 9.89. The van der Waals surface area contributed by atoms with Crippen LogP contribution >= 0.6 is 0 Å². The van der Waals surface area contributed by atoms with Crippen molar-refractivity contribution in [2.75, 3.05) is 0 Å².